The lowest BCUT2D eigenvalue weighted by Gasteiger charge is -2.37. The van der Waals surface area contributed by atoms with Crippen molar-refractivity contribution in [3.05, 3.63) is 12.2 Å². The fraction of sp³-hybridized carbons (Fsp3) is 0.727. The van der Waals surface area contributed by atoms with Gasteiger partial charge in [-0.3, -0.25) is 4.79 Å². The summed E-state index contributed by atoms with van der Waals surface area (Å²) in [5.41, 5.74) is -0.718. The molecule has 0 N–H and O–H groups in total. The molecule has 0 aromatic carbocycles. The van der Waals surface area contributed by atoms with Crippen molar-refractivity contribution in [2.24, 2.45) is 5.92 Å². The summed E-state index contributed by atoms with van der Waals surface area (Å²) in [6.45, 7) is 1.82. The Morgan fingerprint density at radius 3 is 2.44 bits per heavy atom. The topological polar surface area (TPSA) is 54.0 Å². The summed E-state index contributed by atoms with van der Waals surface area (Å²) in [6.07, 6.45) is 3.33. The predicted molar refractivity (Wildman–Crippen MR) is 54.7 cm³/mol. The second-order valence-corrected chi connectivity index (χ2v) is 4.17. The van der Waals surface area contributed by atoms with Gasteiger partial charge in [0.2, 0.25) is 5.79 Å². The van der Waals surface area contributed by atoms with E-state index in [1.54, 1.807) is 0 Å². The largest absolute Gasteiger partial charge is 0.469 e. The molecule has 16 heavy (non-hydrogen) atoms. The lowest BCUT2D eigenvalue weighted by atomic mass is 9.79. The second kappa shape index (κ2) is 3.55. The van der Waals surface area contributed by atoms with Crippen LogP contribution in [0.4, 0.5) is 0 Å². The van der Waals surface area contributed by atoms with Crippen LogP contribution in [0.3, 0.4) is 0 Å². The summed E-state index contributed by atoms with van der Waals surface area (Å²) in [4.78, 5) is 11.8. The lowest BCUT2D eigenvalue weighted by Crippen LogP contribution is -2.54. The third-order valence-electron chi connectivity index (χ3n) is 3.43. The molecular weight excluding hydrogens is 212 g/mol. The SMILES string of the molecule is COC(=O)C1C2(C)C=CC(O2)C1(OC)OC. The minimum Gasteiger partial charge on any atom is -0.469 e. The molecule has 2 aliphatic rings. The van der Waals surface area contributed by atoms with Gasteiger partial charge in [-0.25, -0.2) is 0 Å². The third kappa shape index (κ3) is 1.19. The van der Waals surface area contributed by atoms with Crippen LogP contribution in [0, 0.1) is 5.92 Å². The van der Waals surface area contributed by atoms with Gasteiger partial charge in [0.15, 0.2) is 0 Å². The standard InChI is InChI=1S/C11H16O5/c1-10-6-5-7(16-10)11(14-3,15-4)8(10)9(12)13-2/h5-8H,1-4H3. The summed E-state index contributed by atoms with van der Waals surface area (Å²) in [7, 11) is 4.35. The van der Waals surface area contributed by atoms with Gasteiger partial charge in [-0.1, -0.05) is 12.2 Å². The van der Waals surface area contributed by atoms with Crippen molar-refractivity contribution in [3.63, 3.8) is 0 Å². The van der Waals surface area contributed by atoms with Crippen molar-refractivity contribution in [2.45, 2.75) is 24.4 Å². The average Bonchev–Trinajstić information content (AvgIpc) is 2.79. The molecule has 2 rings (SSSR count). The lowest BCUT2D eigenvalue weighted by molar-refractivity contribution is -0.244. The van der Waals surface area contributed by atoms with Gasteiger partial charge in [-0.15, -0.1) is 0 Å². The third-order valence-corrected chi connectivity index (χ3v) is 3.43. The van der Waals surface area contributed by atoms with Crippen LogP contribution in [0.15, 0.2) is 12.2 Å². The molecule has 1 saturated heterocycles. The van der Waals surface area contributed by atoms with Crippen LogP contribution in [0.25, 0.3) is 0 Å². The zero-order chi connectivity index (χ0) is 12.0. The van der Waals surface area contributed by atoms with E-state index in [0.717, 1.165) is 0 Å². The fourth-order valence-electron chi connectivity index (χ4n) is 2.64. The molecule has 0 saturated carbocycles. The first-order chi connectivity index (χ1) is 7.54. The van der Waals surface area contributed by atoms with Gasteiger partial charge in [0.05, 0.1) is 7.11 Å². The Morgan fingerprint density at radius 1 is 1.31 bits per heavy atom. The van der Waals surface area contributed by atoms with Crippen molar-refractivity contribution >= 4 is 5.97 Å². The molecule has 90 valence electrons. The molecule has 0 aliphatic carbocycles. The number of rotatable bonds is 3. The van der Waals surface area contributed by atoms with Crippen LogP contribution in [-0.2, 0) is 23.7 Å². The molecule has 0 aromatic heterocycles. The van der Waals surface area contributed by atoms with Crippen molar-refractivity contribution in [1.82, 2.24) is 0 Å². The molecule has 5 heteroatoms. The normalized spacial score (nSPS) is 39.0. The van der Waals surface area contributed by atoms with Crippen LogP contribution in [-0.4, -0.2) is 44.8 Å². The van der Waals surface area contributed by atoms with Gasteiger partial charge in [-0.05, 0) is 6.92 Å². The zero-order valence-electron chi connectivity index (χ0n) is 9.85. The first-order valence-electron chi connectivity index (χ1n) is 5.09. The van der Waals surface area contributed by atoms with Crippen molar-refractivity contribution in [3.8, 4) is 0 Å². The number of fused-ring (bicyclic) bond motifs is 2. The average molecular weight is 228 g/mol. The van der Waals surface area contributed by atoms with E-state index in [4.69, 9.17) is 18.9 Å². The number of ether oxygens (including phenoxy) is 4. The summed E-state index contributed by atoms with van der Waals surface area (Å²) in [5.74, 6) is -2.09. The number of carbonyl (C=O) groups is 1. The highest BCUT2D eigenvalue weighted by Crippen LogP contribution is 2.51. The zero-order valence-corrected chi connectivity index (χ0v) is 9.85. The quantitative estimate of drug-likeness (QED) is 0.400. The Morgan fingerprint density at radius 2 is 1.94 bits per heavy atom. The summed E-state index contributed by atoms with van der Waals surface area (Å²) >= 11 is 0. The van der Waals surface area contributed by atoms with E-state index in [1.807, 2.05) is 19.1 Å². The molecule has 1 fully saturated rings. The fourth-order valence-corrected chi connectivity index (χ4v) is 2.64. The Labute approximate surface area is 94.3 Å². The highest BCUT2D eigenvalue weighted by molar-refractivity contribution is 5.77. The molecule has 5 nitrogen and oxygen atoms in total. The van der Waals surface area contributed by atoms with E-state index >= 15 is 0 Å². The molecule has 0 radical (unpaired) electrons. The van der Waals surface area contributed by atoms with Crippen molar-refractivity contribution in [2.75, 3.05) is 21.3 Å². The number of carbonyl (C=O) groups excluding carboxylic acids is 1. The Balaban J connectivity index is 2.45. The van der Waals surface area contributed by atoms with E-state index in [9.17, 15) is 4.79 Å². The molecule has 0 aromatic rings. The van der Waals surface area contributed by atoms with E-state index in [2.05, 4.69) is 0 Å². The van der Waals surface area contributed by atoms with Gasteiger partial charge in [0.25, 0.3) is 0 Å². The van der Waals surface area contributed by atoms with Crippen LogP contribution < -0.4 is 0 Å². The minimum atomic E-state index is -1.09. The predicted octanol–water partition coefficient (Wildman–Crippen LogP) is 0.492. The van der Waals surface area contributed by atoms with Crippen LogP contribution >= 0.6 is 0 Å². The molecule has 2 heterocycles. The molecule has 2 aliphatic heterocycles. The van der Waals surface area contributed by atoms with E-state index in [-0.39, 0.29) is 6.10 Å². The summed E-state index contributed by atoms with van der Waals surface area (Å²) in [6, 6.07) is 0. The van der Waals surface area contributed by atoms with Crippen molar-refractivity contribution in [1.29, 1.82) is 0 Å². The van der Waals surface area contributed by atoms with Crippen LogP contribution in [0.1, 0.15) is 6.92 Å². The summed E-state index contributed by atoms with van der Waals surface area (Å²) < 4.78 is 21.3. The second-order valence-electron chi connectivity index (χ2n) is 4.17. The van der Waals surface area contributed by atoms with E-state index < -0.39 is 23.3 Å². The Hall–Kier alpha value is -0.910. The van der Waals surface area contributed by atoms with Crippen LogP contribution in [0.2, 0.25) is 0 Å². The highest BCUT2D eigenvalue weighted by Gasteiger charge is 2.68. The van der Waals surface area contributed by atoms with Crippen LogP contribution in [0.5, 0.6) is 0 Å². The highest BCUT2D eigenvalue weighted by atomic mass is 16.7. The maximum atomic E-state index is 11.8. The van der Waals surface area contributed by atoms with E-state index in [1.165, 1.54) is 21.3 Å². The van der Waals surface area contributed by atoms with Gasteiger partial charge in [0.1, 0.15) is 17.6 Å². The molecule has 3 atom stereocenters. The first kappa shape index (κ1) is 11.6. The van der Waals surface area contributed by atoms with Gasteiger partial charge in [0, 0.05) is 14.2 Å². The Bertz CT molecular complexity index is 333. The monoisotopic (exact) mass is 228 g/mol. The first-order valence-corrected chi connectivity index (χ1v) is 5.09. The molecule has 3 unspecified atom stereocenters. The number of hydrogen-bond donors (Lipinski definition) is 0. The van der Waals surface area contributed by atoms with Gasteiger partial charge in [-0.2, -0.15) is 0 Å². The van der Waals surface area contributed by atoms with E-state index in [0.29, 0.717) is 0 Å². The maximum absolute atomic E-state index is 11.8. The Kier molecular flexibility index (Phi) is 2.57. The molecule has 0 amide bonds. The molecular formula is C11H16O5. The maximum Gasteiger partial charge on any atom is 0.317 e. The van der Waals surface area contributed by atoms with Crippen molar-refractivity contribution < 1.29 is 23.7 Å². The number of esters is 1. The molecule has 0 spiro atoms. The smallest absolute Gasteiger partial charge is 0.317 e. The minimum absolute atomic E-state index is 0.378. The van der Waals surface area contributed by atoms with Gasteiger partial charge >= 0.3 is 5.97 Å². The summed E-state index contributed by atoms with van der Waals surface area (Å²) in [5, 5.41) is 0. The van der Waals surface area contributed by atoms with Gasteiger partial charge < -0.3 is 18.9 Å². The molecule has 2 bridgehead atoms. The number of methoxy groups -OCH3 is 3. The number of hydrogen-bond acceptors (Lipinski definition) is 5.